The highest BCUT2D eigenvalue weighted by molar-refractivity contribution is 5.94. The van der Waals surface area contributed by atoms with E-state index in [9.17, 15) is 0 Å². The number of aryl methyl sites for hydroxylation is 1. The number of anilines is 1. The number of aliphatic hydroxyl groups is 1. The molecule has 0 saturated heterocycles. The van der Waals surface area contributed by atoms with E-state index in [4.69, 9.17) is 5.11 Å². The number of H-pyrrole nitrogens is 1. The van der Waals surface area contributed by atoms with Gasteiger partial charge in [0, 0.05) is 16.6 Å². The predicted octanol–water partition coefficient (Wildman–Crippen LogP) is 1.84. The standard InChI is InChI=1S/C10H12N2O/c1-7-10(11-6-13)8-4-2-3-5-9(8)12-7/h2-5,11-13H,6H2,1H3. The summed E-state index contributed by atoms with van der Waals surface area (Å²) in [5.41, 5.74) is 3.13. The predicted molar refractivity (Wildman–Crippen MR) is 53.7 cm³/mol. The van der Waals surface area contributed by atoms with Gasteiger partial charge in [-0.15, -0.1) is 0 Å². The Morgan fingerprint density at radius 2 is 2.15 bits per heavy atom. The van der Waals surface area contributed by atoms with Gasteiger partial charge in [-0.05, 0) is 13.0 Å². The molecule has 3 heteroatoms. The smallest absolute Gasteiger partial charge is 0.113 e. The maximum absolute atomic E-state index is 8.80. The van der Waals surface area contributed by atoms with Gasteiger partial charge in [0.2, 0.25) is 0 Å². The van der Waals surface area contributed by atoms with E-state index in [1.54, 1.807) is 0 Å². The second-order valence-corrected chi connectivity index (χ2v) is 3.01. The Morgan fingerprint density at radius 1 is 1.38 bits per heavy atom. The van der Waals surface area contributed by atoms with Crippen molar-refractivity contribution in [2.45, 2.75) is 6.92 Å². The molecule has 68 valence electrons. The largest absolute Gasteiger partial charge is 0.377 e. The molecule has 0 amide bonds. The minimum absolute atomic E-state index is 0.0390. The molecule has 0 unspecified atom stereocenters. The Balaban J connectivity index is 2.64. The van der Waals surface area contributed by atoms with Crippen molar-refractivity contribution in [3.63, 3.8) is 0 Å². The lowest BCUT2D eigenvalue weighted by Crippen LogP contribution is -1.99. The molecule has 0 aliphatic carbocycles. The van der Waals surface area contributed by atoms with E-state index in [2.05, 4.69) is 10.3 Å². The van der Waals surface area contributed by atoms with E-state index >= 15 is 0 Å². The third-order valence-corrected chi connectivity index (χ3v) is 2.15. The average molecular weight is 176 g/mol. The van der Waals surface area contributed by atoms with Gasteiger partial charge in [-0.2, -0.15) is 0 Å². The fourth-order valence-electron chi connectivity index (χ4n) is 1.58. The first-order valence-electron chi connectivity index (χ1n) is 4.25. The van der Waals surface area contributed by atoms with Crippen LogP contribution in [0.25, 0.3) is 10.9 Å². The van der Waals surface area contributed by atoms with Gasteiger partial charge in [-0.25, -0.2) is 0 Å². The molecule has 1 aromatic heterocycles. The summed E-state index contributed by atoms with van der Waals surface area (Å²) in [5.74, 6) is 0. The maximum Gasteiger partial charge on any atom is 0.113 e. The van der Waals surface area contributed by atoms with Gasteiger partial charge >= 0.3 is 0 Å². The van der Waals surface area contributed by atoms with Gasteiger partial charge in [-0.3, -0.25) is 0 Å². The molecule has 0 spiro atoms. The molecule has 0 atom stereocenters. The molecule has 3 N–H and O–H groups in total. The summed E-state index contributed by atoms with van der Waals surface area (Å²) in [7, 11) is 0. The quantitative estimate of drug-likeness (QED) is 0.611. The summed E-state index contributed by atoms with van der Waals surface area (Å²) in [6, 6.07) is 8.01. The maximum atomic E-state index is 8.80. The SMILES string of the molecule is Cc1[nH]c2ccccc2c1NCO. The van der Waals surface area contributed by atoms with Crippen molar-refractivity contribution in [2.24, 2.45) is 0 Å². The van der Waals surface area contributed by atoms with Crippen LogP contribution in [0.4, 0.5) is 5.69 Å². The molecule has 3 nitrogen and oxygen atoms in total. The van der Waals surface area contributed by atoms with Gasteiger partial charge < -0.3 is 15.4 Å². The van der Waals surface area contributed by atoms with Crippen LogP contribution in [0, 0.1) is 6.92 Å². The summed E-state index contributed by atoms with van der Waals surface area (Å²) in [4.78, 5) is 3.24. The van der Waals surface area contributed by atoms with Gasteiger partial charge in [0.05, 0.1) is 5.69 Å². The summed E-state index contributed by atoms with van der Waals surface area (Å²) in [6.45, 7) is 1.95. The first kappa shape index (κ1) is 8.13. The Morgan fingerprint density at radius 3 is 2.92 bits per heavy atom. The number of benzene rings is 1. The van der Waals surface area contributed by atoms with E-state index < -0.39 is 0 Å². The third-order valence-electron chi connectivity index (χ3n) is 2.15. The first-order chi connectivity index (χ1) is 6.33. The fraction of sp³-hybridized carbons (Fsp3) is 0.200. The van der Waals surface area contributed by atoms with Crippen molar-refractivity contribution in [2.75, 3.05) is 12.0 Å². The molecule has 13 heavy (non-hydrogen) atoms. The average Bonchev–Trinajstić information content (AvgIpc) is 2.44. The molecule has 1 heterocycles. The summed E-state index contributed by atoms with van der Waals surface area (Å²) in [6.07, 6.45) is 0. The van der Waals surface area contributed by atoms with Crippen molar-refractivity contribution in [3.8, 4) is 0 Å². The zero-order chi connectivity index (χ0) is 9.26. The first-order valence-corrected chi connectivity index (χ1v) is 4.25. The van der Waals surface area contributed by atoms with Crippen molar-refractivity contribution in [1.29, 1.82) is 0 Å². The molecule has 0 bridgehead atoms. The van der Waals surface area contributed by atoms with Gasteiger partial charge in [0.25, 0.3) is 0 Å². The minimum atomic E-state index is -0.0390. The van der Waals surface area contributed by atoms with Gasteiger partial charge in [0.1, 0.15) is 6.73 Å². The number of fused-ring (bicyclic) bond motifs is 1. The molecule has 0 aliphatic rings. The fourth-order valence-corrected chi connectivity index (χ4v) is 1.58. The van der Waals surface area contributed by atoms with Crippen LogP contribution in [0.1, 0.15) is 5.69 Å². The molecule has 1 aromatic carbocycles. The minimum Gasteiger partial charge on any atom is -0.377 e. The highest BCUT2D eigenvalue weighted by Gasteiger charge is 2.05. The number of aromatic nitrogens is 1. The molecular formula is C10H12N2O. The number of aromatic amines is 1. The van der Waals surface area contributed by atoms with Gasteiger partial charge in [0.15, 0.2) is 0 Å². The van der Waals surface area contributed by atoms with Gasteiger partial charge in [-0.1, -0.05) is 18.2 Å². The molecule has 2 rings (SSSR count). The van der Waals surface area contributed by atoms with Crippen molar-refractivity contribution in [3.05, 3.63) is 30.0 Å². The molecule has 0 fully saturated rings. The molecule has 0 aliphatic heterocycles. The Bertz CT molecular complexity index is 420. The molecular weight excluding hydrogens is 164 g/mol. The summed E-state index contributed by atoms with van der Waals surface area (Å²) >= 11 is 0. The second kappa shape index (κ2) is 3.11. The number of hydrogen-bond donors (Lipinski definition) is 3. The lowest BCUT2D eigenvalue weighted by Gasteiger charge is -2.00. The zero-order valence-corrected chi connectivity index (χ0v) is 7.46. The number of para-hydroxylation sites is 1. The van der Waals surface area contributed by atoms with Crippen LogP contribution in [0.15, 0.2) is 24.3 Å². The van der Waals surface area contributed by atoms with E-state index in [0.717, 1.165) is 22.3 Å². The van der Waals surface area contributed by atoms with Crippen molar-refractivity contribution < 1.29 is 5.11 Å². The van der Waals surface area contributed by atoms with E-state index in [1.165, 1.54) is 0 Å². The molecule has 0 saturated carbocycles. The van der Waals surface area contributed by atoms with Crippen molar-refractivity contribution >= 4 is 16.6 Å². The highest BCUT2D eigenvalue weighted by atomic mass is 16.3. The number of nitrogens with one attached hydrogen (secondary N) is 2. The Kier molecular flexibility index (Phi) is 1.94. The summed E-state index contributed by atoms with van der Waals surface area (Å²) < 4.78 is 0. The lowest BCUT2D eigenvalue weighted by molar-refractivity contribution is 0.326. The summed E-state index contributed by atoms with van der Waals surface area (Å²) in [5, 5.41) is 12.8. The van der Waals surface area contributed by atoms with E-state index in [1.807, 2.05) is 31.2 Å². The monoisotopic (exact) mass is 176 g/mol. The van der Waals surface area contributed by atoms with Crippen LogP contribution in [0.2, 0.25) is 0 Å². The number of aliphatic hydroxyl groups excluding tert-OH is 1. The normalized spacial score (nSPS) is 10.6. The topological polar surface area (TPSA) is 48.0 Å². The molecule has 0 radical (unpaired) electrons. The number of rotatable bonds is 2. The van der Waals surface area contributed by atoms with Crippen LogP contribution in [-0.4, -0.2) is 16.8 Å². The van der Waals surface area contributed by atoms with Crippen molar-refractivity contribution in [1.82, 2.24) is 4.98 Å². The van der Waals surface area contributed by atoms with Crippen LogP contribution < -0.4 is 5.32 Å². The molecule has 2 aromatic rings. The zero-order valence-electron chi connectivity index (χ0n) is 7.46. The second-order valence-electron chi connectivity index (χ2n) is 3.01. The van der Waals surface area contributed by atoms with Crippen LogP contribution >= 0.6 is 0 Å². The van der Waals surface area contributed by atoms with E-state index in [0.29, 0.717) is 0 Å². The highest BCUT2D eigenvalue weighted by Crippen LogP contribution is 2.26. The van der Waals surface area contributed by atoms with E-state index in [-0.39, 0.29) is 6.73 Å². The third kappa shape index (κ3) is 1.27. The lowest BCUT2D eigenvalue weighted by atomic mass is 10.2. The Labute approximate surface area is 76.4 Å². The van der Waals surface area contributed by atoms with Crippen LogP contribution in [0.3, 0.4) is 0 Å². The van der Waals surface area contributed by atoms with Crippen LogP contribution in [-0.2, 0) is 0 Å². The number of hydrogen-bond acceptors (Lipinski definition) is 2. The van der Waals surface area contributed by atoms with Crippen LogP contribution in [0.5, 0.6) is 0 Å². The Hall–Kier alpha value is -1.48.